The molecule has 0 aliphatic rings. The van der Waals surface area contributed by atoms with Gasteiger partial charge in [0.2, 0.25) is 0 Å². The highest BCUT2D eigenvalue weighted by molar-refractivity contribution is 9.10. The van der Waals surface area contributed by atoms with Crippen LogP contribution in [0.4, 0.5) is 10.5 Å². The average molecular weight is 389 g/mol. The van der Waals surface area contributed by atoms with Crippen LogP contribution >= 0.6 is 15.9 Å². The van der Waals surface area contributed by atoms with E-state index in [9.17, 15) is 24.8 Å². The number of carbonyl (C=O) groups is 2. The van der Waals surface area contributed by atoms with Crippen molar-refractivity contribution in [2.75, 3.05) is 0 Å². The first-order chi connectivity index (χ1) is 10.5. The first-order valence-electron chi connectivity index (χ1n) is 6.64. The number of aliphatic carboxylic acids is 1. The van der Waals surface area contributed by atoms with Gasteiger partial charge in [-0.15, -0.1) is 0 Å². The number of alkyl carbamates (subject to hydrolysis) is 1. The van der Waals surface area contributed by atoms with Crippen LogP contribution in [-0.2, 0) is 16.0 Å². The monoisotopic (exact) mass is 388 g/mol. The third kappa shape index (κ3) is 6.64. The minimum atomic E-state index is -1.27. The predicted octanol–water partition coefficient (Wildman–Crippen LogP) is 2.88. The van der Waals surface area contributed by atoms with Crippen LogP contribution in [0.15, 0.2) is 22.7 Å². The van der Waals surface area contributed by atoms with Gasteiger partial charge in [-0.2, -0.15) is 0 Å². The van der Waals surface area contributed by atoms with Crippen molar-refractivity contribution in [1.29, 1.82) is 0 Å². The maximum absolute atomic E-state index is 11.7. The third-order valence-corrected chi connectivity index (χ3v) is 3.04. The van der Waals surface area contributed by atoms with E-state index in [-0.39, 0.29) is 12.1 Å². The van der Waals surface area contributed by atoms with Gasteiger partial charge in [0.25, 0.3) is 5.69 Å². The molecule has 0 spiro atoms. The van der Waals surface area contributed by atoms with E-state index in [1.165, 1.54) is 12.1 Å². The van der Waals surface area contributed by atoms with Crippen LogP contribution in [0.5, 0.6) is 0 Å². The van der Waals surface area contributed by atoms with E-state index < -0.39 is 28.6 Å². The number of halogens is 1. The van der Waals surface area contributed by atoms with Crippen molar-refractivity contribution in [2.24, 2.45) is 0 Å². The summed E-state index contributed by atoms with van der Waals surface area (Å²) in [5.41, 5.74) is -0.535. The van der Waals surface area contributed by atoms with Crippen LogP contribution in [0.1, 0.15) is 26.3 Å². The van der Waals surface area contributed by atoms with Crippen molar-refractivity contribution < 1.29 is 24.4 Å². The quantitative estimate of drug-likeness (QED) is 0.591. The van der Waals surface area contributed by atoms with Gasteiger partial charge in [0.05, 0.1) is 4.92 Å². The topological polar surface area (TPSA) is 119 Å². The second kappa shape index (κ2) is 7.40. The van der Waals surface area contributed by atoms with Gasteiger partial charge in [-0.1, -0.05) is 15.9 Å². The molecule has 0 aliphatic heterocycles. The molecule has 2 N–H and O–H groups in total. The molecule has 1 aromatic carbocycles. The zero-order valence-electron chi connectivity index (χ0n) is 12.8. The van der Waals surface area contributed by atoms with Crippen molar-refractivity contribution in [3.63, 3.8) is 0 Å². The highest BCUT2D eigenvalue weighted by Crippen LogP contribution is 2.22. The van der Waals surface area contributed by atoms with E-state index in [1.54, 1.807) is 26.8 Å². The normalized spacial score (nSPS) is 12.3. The number of hydrogen-bond acceptors (Lipinski definition) is 5. The Morgan fingerprint density at radius 2 is 2.00 bits per heavy atom. The first kappa shape index (κ1) is 18.9. The fourth-order valence-electron chi connectivity index (χ4n) is 1.74. The number of carboxylic acid groups (broad SMARTS) is 1. The maximum Gasteiger partial charge on any atom is 0.408 e. The van der Waals surface area contributed by atoms with Crippen molar-refractivity contribution in [3.05, 3.63) is 38.3 Å². The molecule has 1 atom stereocenters. The molecule has 0 heterocycles. The predicted molar refractivity (Wildman–Crippen MR) is 85.3 cm³/mol. The van der Waals surface area contributed by atoms with Crippen molar-refractivity contribution in [2.45, 2.75) is 38.8 Å². The van der Waals surface area contributed by atoms with Gasteiger partial charge in [0, 0.05) is 23.0 Å². The Kier molecular flexibility index (Phi) is 6.08. The molecule has 1 unspecified atom stereocenters. The number of amides is 1. The third-order valence-electron chi connectivity index (χ3n) is 2.58. The van der Waals surface area contributed by atoms with Crippen molar-refractivity contribution >= 4 is 33.7 Å². The molecule has 0 fully saturated rings. The number of nitro groups is 1. The van der Waals surface area contributed by atoms with Crippen molar-refractivity contribution in [3.8, 4) is 0 Å². The van der Waals surface area contributed by atoms with Gasteiger partial charge in [0.15, 0.2) is 0 Å². The Bertz CT molecular complexity index is 626. The van der Waals surface area contributed by atoms with Crippen LogP contribution in [0.2, 0.25) is 0 Å². The highest BCUT2D eigenvalue weighted by Gasteiger charge is 2.25. The molecule has 0 aromatic heterocycles. The van der Waals surface area contributed by atoms with E-state index in [1.807, 2.05) is 0 Å². The molecule has 0 saturated heterocycles. The Morgan fingerprint density at radius 1 is 1.39 bits per heavy atom. The maximum atomic E-state index is 11.7. The molecular weight excluding hydrogens is 372 g/mol. The smallest absolute Gasteiger partial charge is 0.408 e. The molecular formula is C14H17BrN2O6. The number of nitrogens with zero attached hydrogens (tertiary/aromatic N) is 1. The number of carbonyl (C=O) groups excluding carboxylic acids is 1. The van der Waals surface area contributed by atoms with Crippen LogP contribution in [0.3, 0.4) is 0 Å². The number of ether oxygens (including phenoxy) is 1. The summed E-state index contributed by atoms with van der Waals surface area (Å²) >= 11 is 3.13. The highest BCUT2D eigenvalue weighted by atomic mass is 79.9. The molecule has 0 radical (unpaired) electrons. The number of rotatable bonds is 5. The summed E-state index contributed by atoms with van der Waals surface area (Å²) in [4.78, 5) is 33.2. The Balaban J connectivity index is 2.90. The van der Waals surface area contributed by atoms with Gasteiger partial charge < -0.3 is 15.2 Å². The van der Waals surface area contributed by atoms with E-state index in [0.29, 0.717) is 10.0 Å². The largest absolute Gasteiger partial charge is 0.480 e. The SMILES string of the molecule is CC(C)(C)OC(=O)NC(Cc1cc(Br)cc([N+](=O)[O-])c1)C(=O)O. The molecule has 1 aromatic rings. The molecule has 23 heavy (non-hydrogen) atoms. The summed E-state index contributed by atoms with van der Waals surface area (Å²) in [5, 5.41) is 22.3. The lowest BCUT2D eigenvalue weighted by Gasteiger charge is -2.22. The van der Waals surface area contributed by atoms with E-state index in [0.717, 1.165) is 0 Å². The fraction of sp³-hybridized carbons (Fsp3) is 0.429. The molecule has 0 saturated carbocycles. The van der Waals surface area contributed by atoms with E-state index >= 15 is 0 Å². The lowest BCUT2D eigenvalue weighted by Crippen LogP contribution is -2.44. The molecule has 1 amide bonds. The van der Waals surface area contributed by atoms with E-state index in [4.69, 9.17) is 4.74 Å². The number of nitrogens with one attached hydrogen (secondary N) is 1. The molecule has 126 valence electrons. The van der Waals surface area contributed by atoms with Gasteiger partial charge in [-0.25, -0.2) is 9.59 Å². The first-order valence-corrected chi connectivity index (χ1v) is 7.43. The summed E-state index contributed by atoms with van der Waals surface area (Å²) in [6.45, 7) is 4.96. The van der Waals surface area contributed by atoms with Crippen LogP contribution in [0, 0.1) is 10.1 Å². The van der Waals surface area contributed by atoms with Gasteiger partial charge in [-0.3, -0.25) is 10.1 Å². The second-order valence-electron chi connectivity index (χ2n) is 5.82. The van der Waals surface area contributed by atoms with Gasteiger partial charge >= 0.3 is 12.1 Å². The zero-order valence-corrected chi connectivity index (χ0v) is 14.4. The summed E-state index contributed by atoms with van der Waals surface area (Å²) < 4.78 is 5.46. The second-order valence-corrected chi connectivity index (χ2v) is 6.73. The molecule has 9 heteroatoms. The number of carboxylic acids is 1. The number of hydrogen-bond donors (Lipinski definition) is 2. The number of nitro benzene ring substituents is 1. The van der Waals surface area contributed by atoms with Crippen molar-refractivity contribution in [1.82, 2.24) is 5.32 Å². The minimum absolute atomic E-state index is 0.116. The number of non-ortho nitro benzene ring substituents is 1. The van der Waals surface area contributed by atoms with E-state index in [2.05, 4.69) is 21.2 Å². The lowest BCUT2D eigenvalue weighted by atomic mass is 10.1. The van der Waals surface area contributed by atoms with Crippen LogP contribution in [0.25, 0.3) is 0 Å². The molecule has 8 nitrogen and oxygen atoms in total. The Hall–Kier alpha value is -2.16. The minimum Gasteiger partial charge on any atom is -0.480 e. The van der Waals surface area contributed by atoms with Crippen LogP contribution in [-0.4, -0.2) is 33.7 Å². The summed E-state index contributed by atoms with van der Waals surface area (Å²) in [7, 11) is 0. The molecule has 0 aliphatic carbocycles. The molecule has 0 bridgehead atoms. The summed E-state index contributed by atoms with van der Waals surface area (Å²) in [5.74, 6) is -1.27. The molecule has 1 rings (SSSR count). The summed E-state index contributed by atoms with van der Waals surface area (Å²) in [6.07, 6.45) is -0.983. The zero-order chi connectivity index (χ0) is 17.8. The Morgan fingerprint density at radius 3 is 2.48 bits per heavy atom. The Labute approximate surface area is 141 Å². The fourth-order valence-corrected chi connectivity index (χ4v) is 2.27. The number of benzene rings is 1. The van der Waals surface area contributed by atoms with Crippen LogP contribution < -0.4 is 5.32 Å². The van der Waals surface area contributed by atoms with Gasteiger partial charge in [0.1, 0.15) is 11.6 Å². The standard InChI is InChI=1S/C14H17BrN2O6/c1-14(2,3)23-13(20)16-11(12(18)19)6-8-4-9(15)7-10(5-8)17(21)22/h4-5,7,11H,6H2,1-3H3,(H,16,20)(H,18,19). The summed E-state index contributed by atoms with van der Waals surface area (Å²) in [6, 6.07) is 2.86. The lowest BCUT2D eigenvalue weighted by molar-refractivity contribution is -0.385. The van der Waals surface area contributed by atoms with Gasteiger partial charge in [-0.05, 0) is 32.4 Å². The average Bonchev–Trinajstić information content (AvgIpc) is 2.34.